The van der Waals surface area contributed by atoms with Crippen LogP contribution in [-0.2, 0) is 31.9 Å². The molecule has 3 nitrogen and oxygen atoms in total. The normalized spacial score (nSPS) is 11.7. The number of furan rings is 1. The van der Waals surface area contributed by atoms with Crippen molar-refractivity contribution in [3.8, 4) is 44.8 Å². The summed E-state index contributed by atoms with van der Waals surface area (Å²) < 4.78 is 6.35. The summed E-state index contributed by atoms with van der Waals surface area (Å²) in [7, 11) is -1.41. The number of fused-ring (bicyclic) bond motifs is 3. The van der Waals surface area contributed by atoms with E-state index >= 15 is 0 Å². The second kappa shape index (κ2) is 17.3. The monoisotopic (exact) mass is 941 g/mol. The topological polar surface area (TPSA) is 38.9 Å². The van der Waals surface area contributed by atoms with Crippen molar-refractivity contribution in [1.82, 2.24) is 9.97 Å². The zero-order valence-electron chi connectivity index (χ0n) is 34.6. The molecule has 0 spiro atoms. The Bertz CT molecular complexity index is 2620. The zero-order chi connectivity index (χ0) is 39.6. The van der Waals surface area contributed by atoms with Crippen LogP contribution in [-0.4, -0.2) is 18.0 Å². The van der Waals surface area contributed by atoms with E-state index in [2.05, 4.69) is 194 Å². The van der Waals surface area contributed by atoms with Gasteiger partial charge in [-0.1, -0.05) is 174 Å². The number of nitrogens with zero attached hydrogens (tertiary/aromatic N) is 2. The molecule has 5 aromatic carbocycles. The summed E-state index contributed by atoms with van der Waals surface area (Å²) in [5, 5.41) is 3.69. The quantitative estimate of drug-likeness (QED) is 0.118. The predicted molar refractivity (Wildman–Crippen MR) is 240 cm³/mol. The minimum Gasteiger partial charge on any atom is -0.501 e. The molecule has 0 aliphatic carbocycles. The fraction of sp³-hybridized carbons (Fsp3) is 0.231. The van der Waals surface area contributed by atoms with Crippen LogP contribution in [0.3, 0.4) is 0 Å². The van der Waals surface area contributed by atoms with Crippen LogP contribution in [0.15, 0.2) is 138 Å². The summed E-state index contributed by atoms with van der Waals surface area (Å²) in [5.41, 5.74) is 14.5. The maximum Gasteiger partial charge on any atom is 0.121 e. The van der Waals surface area contributed by atoms with Crippen molar-refractivity contribution >= 4 is 35.2 Å². The van der Waals surface area contributed by atoms with E-state index < -0.39 is 8.07 Å². The molecule has 3 heterocycles. The van der Waals surface area contributed by atoms with Crippen LogP contribution in [0.25, 0.3) is 66.7 Å². The van der Waals surface area contributed by atoms with Gasteiger partial charge in [0.05, 0.1) is 13.7 Å². The molecule has 0 saturated carbocycles. The third-order valence-electron chi connectivity index (χ3n) is 10.4. The number of aromatic nitrogens is 2. The van der Waals surface area contributed by atoms with Crippen molar-refractivity contribution < 1.29 is 24.5 Å². The Kier molecular flexibility index (Phi) is 12.6. The number of pyridine rings is 2. The zero-order valence-corrected chi connectivity index (χ0v) is 38.0. The third-order valence-corrected chi connectivity index (χ3v) is 12.4. The molecule has 0 atom stereocenters. The Hall–Kier alpha value is -4.93. The van der Waals surface area contributed by atoms with Gasteiger partial charge in [0, 0.05) is 37.9 Å². The van der Waals surface area contributed by atoms with Gasteiger partial charge in [-0.05, 0) is 63.2 Å². The Morgan fingerprint density at radius 2 is 1.42 bits per heavy atom. The Morgan fingerprint density at radius 3 is 2.07 bits per heavy atom. The first-order valence-electron chi connectivity index (χ1n) is 19.7. The summed E-state index contributed by atoms with van der Waals surface area (Å²) >= 11 is 0. The van der Waals surface area contributed by atoms with Crippen molar-refractivity contribution in [2.45, 2.75) is 73.0 Å². The second-order valence-corrected chi connectivity index (χ2v) is 22.4. The first-order valence-corrected chi connectivity index (χ1v) is 23.2. The van der Waals surface area contributed by atoms with Crippen molar-refractivity contribution in [1.29, 1.82) is 0 Å². The first kappa shape index (κ1) is 41.7. The average Bonchev–Trinajstić information content (AvgIpc) is 3.56. The van der Waals surface area contributed by atoms with Gasteiger partial charge in [-0.2, -0.15) is 0 Å². The van der Waals surface area contributed by atoms with E-state index in [4.69, 9.17) is 9.40 Å². The summed E-state index contributed by atoms with van der Waals surface area (Å²) in [5.74, 6) is 0.640. The molecule has 0 amide bonds. The van der Waals surface area contributed by atoms with E-state index in [9.17, 15) is 0 Å². The fourth-order valence-corrected chi connectivity index (χ4v) is 8.97. The van der Waals surface area contributed by atoms with E-state index in [-0.39, 0.29) is 25.5 Å². The third kappa shape index (κ3) is 9.45. The van der Waals surface area contributed by atoms with E-state index in [1.807, 2.05) is 18.3 Å². The molecule has 0 N–H and O–H groups in total. The molecule has 8 aromatic rings. The van der Waals surface area contributed by atoms with E-state index in [0.29, 0.717) is 5.92 Å². The molecule has 0 saturated heterocycles. The van der Waals surface area contributed by atoms with Crippen molar-refractivity contribution in [2.24, 2.45) is 5.92 Å². The van der Waals surface area contributed by atoms with Crippen molar-refractivity contribution in [3.63, 3.8) is 0 Å². The van der Waals surface area contributed by atoms with Crippen LogP contribution in [0.1, 0.15) is 51.3 Å². The van der Waals surface area contributed by atoms with E-state index in [0.717, 1.165) is 56.4 Å². The minimum atomic E-state index is -1.41. The standard InChI is InChI=1S/C27H22NO.C25H30NSi.Ir/c1-27(2,3)20-14-15-28-24(17-20)23-11-7-10-22-21-13-12-19(16-25(21)29-26(22)23)18-8-5-4-6-9-18;1-18(2)14-22-16-24(26-17-25(22)27(4,5)6)21-12-13-23(19(3)15-21)20-10-8-7-9-11-20;/h4-10,12-17H,1-3H3;7-11,13,15-18H,14H2,1-6H3;/q2*-1;. The summed E-state index contributed by atoms with van der Waals surface area (Å²) in [6, 6.07) is 49.0. The number of aryl methyl sites for hydroxylation is 1. The molecular weight excluding hydrogens is 889 g/mol. The molecule has 0 aliphatic rings. The molecule has 0 bridgehead atoms. The number of rotatable bonds is 7. The second-order valence-electron chi connectivity index (χ2n) is 17.3. The van der Waals surface area contributed by atoms with Gasteiger partial charge in [0.1, 0.15) is 5.58 Å². The maximum absolute atomic E-state index is 6.35. The van der Waals surface area contributed by atoms with Crippen molar-refractivity contribution in [2.75, 3.05) is 0 Å². The number of benzene rings is 5. The Balaban J connectivity index is 0.000000190. The molecule has 0 fully saturated rings. The minimum absolute atomic E-state index is 0. The van der Waals surface area contributed by atoms with Crippen LogP contribution < -0.4 is 5.19 Å². The smallest absolute Gasteiger partial charge is 0.121 e. The number of hydrogen-bond acceptors (Lipinski definition) is 3. The van der Waals surface area contributed by atoms with Crippen LogP contribution in [0.5, 0.6) is 0 Å². The molecule has 1 radical (unpaired) electrons. The largest absolute Gasteiger partial charge is 0.501 e. The van der Waals surface area contributed by atoms with Crippen molar-refractivity contribution in [3.05, 3.63) is 163 Å². The average molecular weight is 941 g/mol. The first-order chi connectivity index (χ1) is 26.8. The molecule has 291 valence electrons. The Labute approximate surface area is 354 Å². The van der Waals surface area contributed by atoms with Gasteiger partial charge in [0.25, 0.3) is 0 Å². The summed E-state index contributed by atoms with van der Waals surface area (Å²) in [4.78, 5) is 9.45. The molecule has 0 unspecified atom stereocenters. The van der Waals surface area contributed by atoms with Crippen LogP contribution in [0.2, 0.25) is 19.6 Å². The molecule has 3 aromatic heterocycles. The van der Waals surface area contributed by atoms with Gasteiger partial charge in [-0.3, -0.25) is 0 Å². The van der Waals surface area contributed by atoms with Crippen LogP contribution in [0.4, 0.5) is 0 Å². The summed E-state index contributed by atoms with van der Waals surface area (Å²) in [6.07, 6.45) is 5.11. The summed E-state index contributed by atoms with van der Waals surface area (Å²) in [6.45, 7) is 20.6. The van der Waals surface area contributed by atoms with Gasteiger partial charge in [0.2, 0.25) is 0 Å². The Morgan fingerprint density at radius 1 is 0.719 bits per heavy atom. The molecule has 5 heteroatoms. The van der Waals surface area contributed by atoms with Gasteiger partial charge in [-0.25, -0.2) is 0 Å². The molecule has 8 rings (SSSR count). The fourth-order valence-electron chi connectivity index (χ4n) is 7.38. The van der Waals surface area contributed by atoms with Gasteiger partial charge >= 0.3 is 0 Å². The molecule has 57 heavy (non-hydrogen) atoms. The molecular formula is C52H52IrN2OSi-2. The van der Waals surface area contributed by atoms with Gasteiger partial charge < -0.3 is 14.4 Å². The van der Waals surface area contributed by atoms with Gasteiger partial charge in [0.15, 0.2) is 0 Å². The SMILES string of the molecule is CC(C)(C)c1ccnc(-c2[c-]ccc3c2oc2cc(-c4ccccc4)ccc23)c1.Cc1cc(-c2cc(CC(C)C)c([Si](C)(C)C)cn2)[c-]cc1-c1ccccc1.[Ir]. The maximum atomic E-state index is 6.35. The van der Waals surface area contributed by atoms with E-state index in [1.165, 1.54) is 38.6 Å². The van der Waals surface area contributed by atoms with Crippen LogP contribution in [0, 0.1) is 25.0 Å². The van der Waals surface area contributed by atoms with Gasteiger partial charge in [-0.15, -0.1) is 47.5 Å². The molecule has 0 aliphatic heterocycles. The van der Waals surface area contributed by atoms with Crippen LogP contribution >= 0.6 is 0 Å². The predicted octanol–water partition coefficient (Wildman–Crippen LogP) is 13.7. The number of hydrogen-bond donors (Lipinski definition) is 0. The van der Waals surface area contributed by atoms with E-state index in [1.54, 1.807) is 0 Å².